The van der Waals surface area contributed by atoms with Gasteiger partial charge in [0.1, 0.15) is 12.1 Å². The minimum atomic E-state index is -4.38. The van der Waals surface area contributed by atoms with Gasteiger partial charge < -0.3 is 15.4 Å². The van der Waals surface area contributed by atoms with Gasteiger partial charge in [0.05, 0.1) is 5.56 Å². The van der Waals surface area contributed by atoms with E-state index in [0.717, 1.165) is 12.1 Å². The molecule has 0 aliphatic heterocycles. The standard InChI is InChI=1S/C16H22F3N3O2/c1-15(2,3)24-13(23)10-22-14(20-4)21-9-11-6-5-7-12(8-11)16(17,18)19/h5-8H,9-10H2,1-4H3,(H2,20,21,22). The van der Waals surface area contributed by atoms with Gasteiger partial charge in [-0.25, -0.2) is 0 Å². The number of carbonyl (C=O) groups excluding carboxylic acids is 1. The minimum Gasteiger partial charge on any atom is -0.459 e. The van der Waals surface area contributed by atoms with Crippen molar-refractivity contribution in [1.82, 2.24) is 10.6 Å². The molecule has 0 amide bonds. The average Bonchev–Trinajstić information content (AvgIpc) is 2.45. The van der Waals surface area contributed by atoms with Gasteiger partial charge in [-0.1, -0.05) is 12.1 Å². The highest BCUT2D eigenvalue weighted by atomic mass is 19.4. The second kappa shape index (κ2) is 8.03. The number of nitrogens with zero attached hydrogens (tertiary/aromatic N) is 1. The second-order valence-corrected chi connectivity index (χ2v) is 6.06. The van der Waals surface area contributed by atoms with Crippen LogP contribution in [0.3, 0.4) is 0 Å². The Morgan fingerprint density at radius 3 is 2.42 bits per heavy atom. The van der Waals surface area contributed by atoms with Gasteiger partial charge in [-0.15, -0.1) is 0 Å². The maximum absolute atomic E-state index is 12.7. The van der Waals surface area contributed by atoms with E-state index in [4.69, 9.17) is 4.74 Å². The first-order valence-corrected chi connectivity index (χ1v) is 7.34. The predicted octanol–water partition coefficient (Wildman–Crippen LogP) is 2.71. The van der Waals surface area contributed by atoms with Gasteiger partial charge in [0, 0.05) is 13.6 Å². The Bertz CT molecular complexity index is 593. The topological polar surface area (TPSA) is 62.7 Å². The van der Waals surface area contributed by atoms with Gasteiger partial charge in [0.25, 0.3) is 0 Å². The van der Waals surface area contributed by atoms with E-state index >= 15 is 0 Å². The lowest BCUT2D eigenvalue weighted by Gasteiger charge is -2.20. The van der Waals surface area contributed by atoms with Gasteiger partial charge >= 0.3 is 12.1 Å². The number of rotatable bonds is 4. The second-order valence-electron chi connectivity index (χ2n) is 6.06. The molecular formula is C16H22F3N3O2. The Kier molecular flexibility index (Phi) is 6.62. The average molecular weight is 345 g/mol. The number of hydrogen-bond donors (Lipinski definition) is 2. The summed E-state index contributed by atoms with van der Waals surface area (Å²) in [6, 6.07) is 4.99. The van der Waals surface area contributed by atoms with E-state index in [9.17, 15) is 18.0 Å². The van der Waals surface area contributed by atoms with Crippen molar-refractivity contribution in [3.05, 3.63) is 35.4 Å². The molecule has 1 aromatic carbocycles. The predicted molar refractivity (Wildman–Crippen MR) is 85.5 cm³/mol. The lowest BCUT2D eigenvalue weighted by atomic mass is 10.1. The van der Waals surface area contributed by atoms with Crippen LogP contribution in [0.15, 0.2) is 29.3 Å². The normalized spacial score (nSPS) is 12.7. The molecule has 0 unspecified atom stereocenters. The first-order chi connectivity index (χ1) is 11.0. The summed E-state index contributed by atoms with van der Waals surface area (Å²) in [7, 11) is 1.50. The van der Waals surface area contributed by atoms with Crippen molar-refractivity contribution in [1.29, 1.82) is 0 Å². The van der Waals surface area contributed by atoms with Gasteiger partial charge in [0.2, 0.25) is 0 Å². The monoisotopic (exact) mass is 345 g/mol. The highest BCUT2D eigenvalue weighted by Gasteiger charge is 2.30. The third kappa shape index (κ3) is 7.34. The summed E-state index contributed by atoms with van der Waals surface area (Å²) in [5.74, 6) is -0.164. The Hall–Kier alpha value is -2.25. The van der Waals surface area contributed by atoms with Gasteiger partial charge in [0.15, 0.2) is 5.96 Å². The van der Waals surface area contributed by atoms with Crippen molar-refractivity contribution in [3.63, 3.8) is 0 Å². The van der Waals surface area contributed by atoms with Crippen LogP contribution in [0.1, 0.15) is 31.9 Å². The summed E-state index contributed by atoms with van der Waals surface area (Å²) in [6.07, 6.45) is -4.38. The number of guanidine groups is 1. The van der Waals surface area contributed by atoms with Crippen LogP contribution in [0.4, 0.5) is 13.2 Å². The molecule has 5 nitrogen and oxygen atoms in total. The van der Waals surface area contributed by atoms with Crippen molar-refractivity contribution in [2.24, 2.45) is 4.99 Å². The fourth-order valence-corrected chi connectivity index (χ4v) is 1.80. The number of ether oxygens (including phenoxy) is 1. The third-order valence-electron chi connectivity index (χ3n) is 2.76. The van der Waals surface area contributed by atoms with E-state index in [1.807, 2.05) is 0 Å². The number of halogens is 3. The first-order valence-electron chi connectivity index (χ1n) is 7.34. The maximum Gasteiger partial charge on any atom is 0.416 e. The fourth-order valence-electron chi connectivity index (χ4n) is 1.80. The van der Waals surface area contributed by atoms with Crippen molar-refractivity contribution in [2.75, 3.05) is 13.6 Å². The van der Waals surface area contributed by atoms with Crippen LogP contribution in [0.2, 0.25) is 0 Å². The molecule has 2 N–H and O–H groups in total. The molecule has 0 fully saturated rings. The van der Waals surface area contributed by atoms with Crippen molar-refractivity contribution < 1.29 is 22.7 Å². The Balaban J connectivity index is 2.55. The molecule has 0 saturated heterocycles. The SMILES string of the molecule is CN=C(NCC(=O)OC(C)(C)C)NCc1cccc(C(F)(F)F)c1. The molecule has 24 heavy (non-hydrogen) atoms. The van der Waals surface area contributed by atoms with E-state index in [0.29, 0.717) is 11.5 Å². The number of benzene rings is 1. The summed E-state index contributed by atoms with van der Waals surface area (Å²) in [6.45, 7) is 5.31. The molecule has 0 spiro atoms. The smallest absolute Gasteiger partial charge is 0.416 e. The third-order valence-corrected chi connectivity index (χ3v) is 2.76. The quantitative estimate of drug-likeness (QED) is 0.500. The molecule has 134 valence electrons. The zero-order valence-corrected chi connectivity index (χ0v) is 14.1. The van der Waals surface area contributed by atoms with E-state index in [-0.39, 0.29) is 13.1 Å². The largest absolute Gasteiger partial charge is 0.459 e. The lowest BCUT2D eigenvalue weighted by molar-refractivity contribution is -0.153. The minimum absolute atomic E-state index is 0.0977. The van der Waals surface area contributed by atoms with Crippen LogP contribution in [-0.2, 0) is 22.3 Å². The molecule has 1 rings (SSSR count). The van der Waals surface area contributed by atoms with E-state index in [1.54, 1.807) is 26.8 Å². The Labute approximate surface area is 139 Å². The summed E-state index contributed by atoms with van der Waals surface area (Å²) in [5.41, 5.74) is -0.850. The zero-order chi connectivity index (χ0) is 18.4. The summed E-state index contributed by atoms with van der Waals surface area (Å²) in [4.78, 5) is 15.5. The van der Waals surface area contributed by atoms with E-state index in [2.05, 4.69) is 15.6 Å². The fraction of sp³-hybridized carbons (Fsp3) is 0.500. The van der Waals surface area contributed by atoms with E-state index < -0.39 is 23.3 Å². The number of esters is 1. The van der Waals surface area contributed by atoms with Crippen LogP contribution in [-0.4, -0.2) is 31.1 Å². The molecule has 0 bridgehead atoms. The van der Waals surface area contributed by atoms with Crippen LogP contribution >= 0.6 is 0 Å². The van der Waals surface area contributed by atoms with Crippen LogP contribution in [0, 0.1) is 0 Å². The maximum atomic E-state index is 12.7. The lowest BCUT2D eigenvalue weighted by Crippen LogP contribution is -2.41. The molecule has 0 aliphatic carbocycles. The van der Waals surface area contributed by atoms with Gasteiger partial charge in [-0.05, 0) is 38.5 Å². The highest BCUT2D eigenvalue weighted by Crippen LogP contribution is 2.29. The number of aliphatic imine (C=N–C) groups is 1. The molecule has 0 heterocycles. The number of nitrogens with one attached hydrogen (secondary N) is 2. The number of alkyl halides is 3. The van der Waals surface area contributed by atoms with Crippen LogP contribution < -0.4 is 10.6 Å². The van der Waals surface area contributed by atoms with Crippen LogP contribution in [0.5, 0.6) is 0 Å². The molecule has 0 radical (unpaired) electrons. The van der Waals surface area contributed by atoms with Crippen molar-refractivity contribution in [3.8, 4) is 0 Å². The van der Waals surface area contributed by atoms with Crippen LogP contribution in [0.25, 0.3) is 0 Å². The first kappa shape index (κ1) is 19.8. The Morgan fingerprint density at radius 2 is 1.88 bits per heavy atom. The van der Waals surface area contributed by atoms with Crippen molar-refractivity contribution in [2.45, 2.75) is 39.1 Å². The molecule has 8 heteroatoms. The molecule has 0 aliphatic rings. The number of hydrogen-bond acceptors (Lipinski definition) is 3. The molecule has 0 aromatic heterocycles. The molecule has 0 atom stereocenters. The highest BCUT2D eigenvalue weighted by molar-refractivity contribution is 5.84. The molecular weight excluding hydrogens is 323 g/mol. The summed E-state index contributed by atoms with van der Waals surface area (Å²) < 4.78 is 43.1. The van der Waals surface area contributed by atoms with Crippen molar-refractivity contribution >= 4 is 11.9 Å². The number of carbonyl (C=O) groups is 1. The summed E-state index contributed by atoms with van der Waals surface area (Å²) in [5, 5.41) is 5.60. The van der Waals surface area contributed by atoms with Gasteiger partial charge in [-0.3, -0.25) is 9.79 Å². The van der Waals surface area contributed by atoms with E-state index in [1.165, 1.54) is 13.1 Å². The van der Waals surface area contributed by atoms with Gasteiger partial charge in [-0.2, -0.15) is 13.2 Å². The molecule has 1 aromatic rings. The Morgan fingerprint density at radius 1 is 1.21 bits per heavy atom. The zero-order valence-electron chi connectivity index (χ0n) is 14.1. The summed E-state index contributed by atoms with van der Waals surface area (Å²) >= 11 is 0. The molecule has 0 saturated carbocycles.